The zero-order chi connectivity index (χ0) is 20.5. The molecular formula is C21H27N3O4. The number of rotatable bonds is 8. The van der Waals surface area contributed by atoms with Crippen LogP contribution in [0.5, 0.6) is 11.5 Å². The molecule has 0 aliphatic carbocycles. The lowest BCUT2D eigenvalue weighted by molar-refractivity contribution is -0.125. The first-order valence-corrected chi connectivity index (χ1v) is 9.04. The third kappa shape index (κ3) is 5.47. The van der Waals surface area contributed by atoms with Gasteiger partial charge in [-0.1, -0.05) is 36.4 Å². The van der Waals surface area contributed by atoms with E-state index in [1.807, 2.05) is 60.5 Å². The van der Waals surface area contributed by atoms with Crippen LogP contribution in [0.2, 0.25) is 0 Å². The van der Waals surface area contributed by atoms with Crippen molar-refractivity contribution in [1.29, 1.82) is 0 Å². The van der Waals surface area contributed by atoms with Crippen LogP contribution in [0, 0.1) is 0 Å². The molecule has 150 valence electrons. The second-order valence-corrected chi connectivity index (χ2v) is 6.27. The Labute approximate surface area is 165 Å². The van der Waals surface area contributed by atoms with E-state index in [1.54, 1.807) is 21.1 Å². The Hall–Kier alpha value is -3.06. The molecule has 0 bridgehead atoms. The highest BCUT2D eigenvalue weighted by atomic mass is 16.5. The number of ether oxygens (including phenoxy) is 2. The summed E-state index contributed by atoms with van der Waals surface area (Å²) in [5.74, 6) is 0.874. The largest absolute Gasteiger partial charge is 0.493 e. The third-order valence-corrected chi connectivity index (χ3v) is 4.26. The molecule has 28 heavy (non-hydrogen) atoms. The van der Waals surface area contributed by atoms with Crippen molar-refractivity contribution in [2.24, 2.45) is 0 Å². The number of methoxy groups -OCH3 is 2. The van der Waals surface area contributed by atoms with Gasteiger partial charge in [0.2, 0.25) is 5.91 Å². The molecule has 3 amide bonds. The normalized spacial score (nSPS) is 11.6. The zero-order valence-electron chi connectivity index (χ0n) is 16.7. The maximum atomic E-state index is 12.8. The molecule has 0 unspecified atom stereocenters. The Kier molecular flexibility index (Phi) is 7.83. The Morgan fingerprint density at radius 3 is 2.32 bits per heavy atom. The summed E-state index contributed by atoms with van der Waals surface area (Å²) in [6.07, 6.45) is 0. The van der Waals surface area contributed by atoms with Gasteiger partial charge >= 0.3 is 6.03 Å². The van der Waals surface area contributed by atoms with Gasteiger partial charge in [-0.3, -0.25) is 15.0 Å². The smallest absolute Gasteiger partial charge is 0.321 e. The summed E-state index contributed by atoms with van der Waals surface area (Å²) in [4.78, 5) is 26.5. The first-order valence-electron chi connectivity index (χ1n) is 9.04. The molecule has 0 heterocycles. The van der Waals surface area contributed by atoms with Crippen molar-refractivity contribution < 1.29 is 19.1 Å². The Balaban J connectivity index is 2.25. The molecule has 7 nitrogen and oxygen atoms in total. The van der Waals surface area contributed by atoms with Crippen LogP contribution in [0.3, 0.4) is 0 Å². The lowest BCUT2D eigenvalue weighted by Crippen LogP contribution is -2.45. The van der Waals surface area contributed by atoms with Crippen molar-refractivity contribution >= 4 is 11.9 Å². The molecule has 2 aromatic carbocycles. The van der Waals surface area contributed by atoms with Gasteiger partial charge in [0.1, 0.15) is 6.04 Å². The summed E-state index contributed by atoms with van der Waals surface area (Å²) >= 11 is 0. The van der Waals surface area contributed by atoms with Crippen LogP contribution < -0.4 is 20.1 Å². The minimum absolute atomic E-state index is 0.389. The van der Waals surface area contributed by atoms with Gasteiger partial charge < -0.3 is 14.8 Å². The maximum absolute atomic E-state index is 12.8. The molecule has 0 fully saturated rings. The second kappa shape index (κ2) is 10.3. The molecule has 0 saturated heterocycles. The number of amides is 3. The van der Waals surface area contributed by atoms with Crippen LogP contribution in [-0.2, 0) is 11.3 Å². The van der Waals surface area contributed by atoms with Crippen molar-refractivity contribution in [2.45, 2.75) is 19.5 Å². The number of urea groups is 1. The average Bonchev–Trinajstić information content (AvgIpc) is 2.69. The van der Waals surface area contributed by atoms with Crippen LogP contribution in [0.4, 0.5) is 4.79 Å². The fourth-order valence-electron chi connectivity index (χ4n) is 2.98. The van der Waals surface area contributed by atoms with Gasteiger partial charge in [-0.15, -0.1) is 0 Å². The van der Waals surface area contributed by atoms with Crippen molar-refractivity contribution in [3.8, 4) is 11.5 Å². The van der Waals surface area contributed by atoms with Gasteiger partial charge in [0, 0.05) is 13.1 Å². The van der Waals surface area contributed by atoms with E-state index in [-0.39, 0.29) is 5.91 Å². The predicted molar refractivity (Wildman–Crippen MR) is 107 cm³/mol. The van der Waals surface area contributed by atoms with E-state index in [0.29, 0.717) is 24.6 Å². The number of hydrogen-bond donors (Lipinski definition) is 2. The molecule has 0 aliphatic heterocycles. The van der Waals surface area contributed by atoms with Crippen LogP contribution in [0.25, 0.3) is 0 Å². The maximum Gasteiger partial charge on any atom is 0.321 e. The number of nitrogens with one attached hydrogen (secondary N) is 2. The summed E-state index contributed by atoms with van der Waals surface area (Å²) in [6.45, 7) is 2.71. The van der Waals surface area contributed by atoms with Gasteiger partial charge in [0.15, 0.2) is 11.5 Å². The number of benzene rings is 2. The Bertz CT molecular complexity index is 795. The standard InChI is InChI=1S/C21H27N3O4/c1-5-22-21(26)23-20(25)19(16-9-7-6-8-10-16)24(2)14-15-11-12-17(27-3)18(13-15)28-4/h6-13,19H,5,14H2,1-4H3,(H2,22,23,25,26)/t19-/m1/s1. The van der Waals surface area contributed by atoms with Crippen LogP contribution in [-0.4, -0.2) is 44.7 Å². The quantitative estimate of drug-likeness (QED) is 0.730. The van der Waals surface area contributed by atoms with Gasteiger partial charge in [0.05, 0.1) is 14.2 Å². The van der Waals surface area contributed by atoms with Crippen LogP contribution in [0.15, 0.2) is 48.5 Å². The van der Waals surface area contributed by atoms with Crippen molar-refractivity contribution in [3.63, 3.8) is 0 Å². The zero-order valence-corrected chi connectivity index (χ0v) is 16.7. The molecule has 0 aliphatic rings. The van der Waals surface area contributed by atoms with Gasteiger partial charge in [-0.25, -0.2) is 4.79 Å². The Morgan fingerprint density at radius 2 is 1.71 bits per heavy atom. The van der Waals surface area contributed by atoms with Gasteiger partial charge in [-0.2, -0.15) is 0 Å². The summed E-state index contributed by atoms with van der Waals surface area (Å²) < 4.78 is 10.6. The van der Waals surface area contributed by atoms with Crippen molar-refractivity contribution in [1.82, 2.24) is 15.5 Å². The summed E-state index contributed by atoms with van der Waals surface area (Å²) in [7, 11) is 5.00. The molecule has 0 aromatic heterocycles. The predicted octanol–water partition coefficient (Wildman–Crippen LogP) is 2.72. The highest BCUT2D eigenvalue weighted by Crippen LogP contribution is 2.29. The summed E-state index contributed by atoms with van der Waals surface area (Å²) in [5.41, 5.74) is 1.75. The van der Waals surface area contributed by atoms with Crippen molar-refractivity contribution in [3.05, 3.63) is 59.7 Å². The van der Waals surface area contributed by atoms with E-state index in [2.05, 4.69) is 10.6 Å². The molecule has 2 N–H and O–H groups in total. The first kappa shape index (κ1) is 21.2. The van der Waals surface area contributed by atoms with E-state index in [0.717, 1.165) is 11.1 Å². The average molecular weight is 385 g/mol. The van der Waals surface area contributed by atoms with E-state index >= 15 is 0 Å². The lowest BCUT2D eigenvalue weighted by atomic mass is 10.0. The fourth-order valence-corrected chi connectivity index (χ4v) is 2.98. The Morgan fingerprint density at radius 1 is 1.04 bits per heavy atom. The number of hydrogen-bond acceptors (Lipinski definition) is 5. The minimum Gasteiger partial charge on any atom is -0.493 e. The number of imide groups is 1. The molecule has 2 rings (SSSR count). The van der Waals surface area contributed by atoms with E-state index < -0.39 is 12.1 Å². The minimum atomic E-state index is -0.628. The topological polar surface area (TPSA) is 79.9 Å². The molecule has 0 spiro atoms. The van der Waals surface area contributed by atoms with Gasteiger partial charge in [0.25, 0.3) is 0 Å². The van der Waals surface area contributed by atoms with Crippen LogP contribution in [0.1, 0.15) is 24.1 Å². The number of carbonyl (C=O) groups excluding carboxylic acids is 2. The van der Waals surface area contributed by atoms with E-state index in [4.69, 9.17) is 9.47 Å². The fraction of sp³-hybridized carbons (Fsp3) is 0.333. The highest BCUT2D eigenvalue weighted by Gasteiger charge is 2.26. The molecule has 0 radical (unpaired) electrons. The van der Waals surface area contributed by atoms with E-state index in [9.17, 15) is 9.59 Å². The SMILES string of the molecule is CCNC(=O)NC(=O)[C@@H](c1ccccc1)N(C)Cc1ccc(OC)c(OC)c1. The highest BCUT2D eigenvalue weighted by molar-refractivity contribution is 5.97. The van der Waals surface area contributed by atoms with Gasteiger partial charge in [-0.05, 0) is 37.2 Å². The van der Waals surface area contributed by atoms with Crippen LogP contribution >= 0.6 is 0 Å². The number of likely N-dealkylation sites (N-methyl/N-ethyl adjacent to an activating group) is 1. The third-order valence-electron chi connectivity index (χ3n) is 4.26. The molecule has 7 heteroatoms. The first-order chi connectivity index (χ1) is 13.5. The summed E-state index contributed by atoms with van der Waals surface area (Å²) in [5, 5.41) is 4.99. The summed E-state index contributed by atoms with van der Waals surface area (Å²) in [6, 6.07) is 13.8. The number of nitrogens with zero attached hydrogens (tertiary/aromatic N) is 1. The monoisotopic (exact) mass is 385 g/mol. The molecule has 0 saturated carbocycles. The lowest BCUT2D eigenvalue weighted by Gasteiger charge is -2.27. The molecule has 2 aromatic rings. The molecule has 1 atom stereocenters. The molecular weight excluding hydrogens is 358 g/mol. The number of carbonyl (C=O) groups is 2. The van der Waals surface area contributed by atoms with E-state index in [1.165, 1.54) is 0 Å². The van der Waals surface area contributed by atoms with Crippen molar-refractivity contribution in [2.75, 3.05) is 27.8 Å². The second-order valence-electron chi connectivity index (χ2n) is 6.27.